The van der Waals surface area contributed by atoms with Crippen LogP contribution in [0, 0.1) is 5.92 Å². The van der Waals surface area contributed by atoms with Gasteiger partial charge in [-0.2, -0.15) is 0 Å². The minimum Gasteiger partial charge on any atom is -0.497 e. The number of rotatable bonds is 8. The Bertz CT molecular complexity index is 886. The molecule has 1 aliphatic heterocycles. The van der Waals surface area contributed by atoms with Gasteiger partial charge in [-0.3, -0.25) is 0 Å². The van der Waals surface area contributed by atoms with Gasteiger partial charge in [-0.15, -0.1) is 0 Å². The van der Waals surface area contributed by atoms with Crippen LogP contribution >= 0.6 is 0 Å². The number of benzene rings is 2. The molecule has 4 atom stereocenters. The van der Waals surface area contributed by atoms with Crippen LogP contribution in [0.3, 0.4) is 0 Å². The Morgan fingerprint density at radius 2 is 1.45 bits per heavy atom. The van der Waals surface area contributed by atoms with Gasteiger partial charge in [-0.1, -0.05) is 20.3 Å². The molecule has 2 aromatic rings. The van der Waals surface area contributed by atoms with Gasteiger partial charge in [0.05, 0.1) is 34.0 Å². The summed E-state index contributed by atoms with van der Waals surface area (Å²) in [5.41, 5.74) is 1.09. The fourth-order valence-electron chi connectivity index (χ4n) is 4.79. The zero-order chi connectivity index (χ0) is 22.6. The molecule has 1 fully saturated rings. The van der Waals surface area contributed by atoms with Gasteiger partial charge in [0.15, 0.2) is 0 Å². The number of piperidine rings is 1. The molecule has 0 amide bonds. The lowest BCUT2D eigenvalue weighted by atomic mass is 9.70. The lowest BCUT2D eigenvalue weighted by Crippen LogP contribution is -2.52. The van der Waals surface area contributed by atoms with E-state index in [0.717, 1.165) is 40.5 Å². The molecule has 0 saturated carbocycles. The number of ether oxygens (including phenoxy) is 4. The van der Waals surface area contributed by atoms with E-state index in [2.05, 4.69) is 19.2 Å². The Labute approximate surface area is 185 Å². The van der Waals surface area contributed by atoms with Crippen LogP contribution in [0.2, 0.25) is 0 Å². The van der Waals surface area contributed by atoms with E-state index >= 15 is 0 Å². The van der Waals surface area contributed by atoms with Crippen LogP contribution in [0.5, 0.6) is 23.0 Å². The van der Waals surface area contributed by atoms with E-state index in [1.54, 1.807) is 28.4 Å². The first-order valence-electron chi connectivity index (χ1n) is 10.8. The molecule has 1 aliphatic rings. The molecular formula is C25H35NO5. The highest BCUT2D eigenvalue weighted by molar-refractivity contribution is 5.46. The van der Waals surface area contributed by atoms with Gasteiger partial charge in [-0.05, 0) is 49.2 Å². The summed E-state index contributed by atoms with van der Waals surface area (Å²) in [6, 6.07) is 11.3. The topological polar surface area (TPSA) is 69.2 Å². The molecule has 2 N–H and O–H groups in total. The highest BCUT2D eigenvalue weighted by atomic mass is 16.5. The quantitative estimate of drug-likeness (QED) is 0.636. The van der Waals surface area contributed by atoms with E-state index in [4.69, 9.17) is 18.9 Å². The van der Waals surface area contributed by atoms with Crippen molar-refractivity contribution in [3.05, 3.63) is 47.5 Å². The maximum atomic E-state index is 11.8. The Kier molecular flexibility index (Phi) is 7.34. The normalized spacial score (nSPS) is 25.7. The second-order valence-electron chi connectivity index (χ2n) is 8.26. The molecule has 1 saturated heterocycles. The molecule has 0 unspecified atom stereocenters. The molecule has 0 radical (unpaired) electrons. The van der Waals surface area contributed by atoms with Crippen molar-refractivity contribution < 1.29 is 24.1 Å². The zero-order valence-electron chi connectivity index (χ0n) is 19.4. The van der Waals surface area contributed by atoms with Crippen LogP contribution in [0.4, 0.5) is 0 Å². The smallest absolute Gasteiger partial charge is 0.123 e. The van der Waals surface area contributed by atoms with Gasteiger partial charge in [-0.25, -0.2) is 0 Å². The third kappa shape index (κ3) is 4.60. The van der Waals surface area contributed by atoms with Crippen LogP contribution in [0.1, 0.15) is 56.3 Å². The van der Waals surface area contributed by atoms with Crippen molar-refractivity contribution in [2.24, 2.45) is 5.92 Å². The Hall–Kier alpha value is -2.44. The molecule has 0 aromatic heterocycles. The van der Waals surface area contributed by atoms with Crippen LogP contribution < -0.4 is 24.3 Å². The van der Waals surface area contributed by atoms with Crippen LogP contribution in [-0.4, -0.2) is 39.1 Å². The molecule has 2 aromatic carbocycles. The minimum atomic E-state index is -0.850. The number of nitrogens with one attached hydrogen (secondary N) is 1. The SMILES string of the molecule is CCC[C@]1(O)C[C@H](c2cc(OC)ccc2OC)N[C@H](c2cc(OC)ccc2OC)[C@@H]1C. The van der Waals surface area contributed by atoms with E-state index < -0.39 is 5.60 Å². The predicted octanol–water partition coefficient (Wildman–Crippen LogP) is 4.66. The molecule has 0 bridgehead atoms. The largest absolute Gasteiger partial charge is 0.497 e. The van der Waals surface area contributed by atoms with Gasteiger partial charge in [0, 0.05) is 29.1 Å². The third-order valence-corrected chi connectivity index (χ3v) is 6.55. The van der Waals surface area contributed by atoms with Crippen molar-refractivity contribution in [2.75, 3.05) is 28.4 Å². The predicted molar refractivity (Wildman–Crippen MR) is 121 cm³/mol. The molecule has 31 heavy (non-hydrogen) atoms. The van der Waals surface area contributed by atoms with Gasteiger partial charge < -0.3 is 29.4 Å². The van der Waals surface area contributed by atoms with Crippen LogP contribution in [0.15, 0.2) is 36.4 Å². The second kappa shape index (κ2) is 9.79. The lowest BCUT2D eigenvalue weighted by Gasteiger charge is -2.48. The number of hydrogen-bond acceptors (Lipinski definition) is 6. The Balaban J connectivity index is 2.11. The average molecular weight is 430 g/mol. The first kappa shape index (κ1) is 23.2. The summed E-state index contributed by atoms with van der Waals surface area (Å²) in [5, 5.41) is 15.6. The molecule has 0 aliphatic carbocycles. The van der Waals surface area contributed by atoms with Crippen molar-refractivity contribution in [2.45, 2.75) is 50.8 Å². The zero-order valence-corrected chi connectivity index (χ0v) is 19.4. The Morgan fingerprint density at radius 3 is 1.97 bits per heavy atom. The van der Waals surface area contributed by atoms with E-state index in [9.17, 15) is 5.11 Å². The summed E-state index contributed by atoms with van der Waals surface area (Å²) in [7, 11) is 6.64. The van der Waals surface area contributed by atoms with Crippen molar-refractivity contribution in [1.82, 2.24) is 5.32 Å². The molecule has 3 rings (SSSR count). The number of methoxy groups -OCH3 is 4. The van der Waals surface area contributed by atoms with E-state index in [0.29, 0.717) is 12.8 Å². The highest BCUT2D eigenvalue weighted by Gasteiger charge is 2.46. The Morgan fingerprint density at radius 1 is 0.903 bits per heavy atom. The molecule has 170 valence electrons. The molecule has 6 heteroatoms. The van der Waals surface area contributed by atoms with Gasteiger partial charge in [0.2, 0.25) is 0 Å². The summed E-state index contributed by atoms with van der Waals surface area (Å²) in [5.74, 6) is 3.00. The van der Waals surface area contributed by atoms with E-state index in [-0.39, 0.29) is 18.0 Å². The van der Waals surface area contributed by atoms with Crippen molar-refractivity contribution in [3.63, 3.8) is 0 Å². The van der Waals surface area contributed by atoms with Gasteiger partial charge in [0.1, 0.15) is 23.0 Å². The van der Waals surface area contributed by atoms with Crippen molar-refractivity contribution in [1.29, 1.82) is 0 Å². The molecule has 1 heterocycles. The first-order chi connectivity index (χ1) is 14.9. The number of aliphatic hydroxyl groups is 1. The van der Waals surface area contributed by atoms with E-state index in [1.807, 2.05) is 36.4 Å². The molecule has 6 nitrogen and oxygen atoms in total. The summed E-state index contributed by atoms with van der Waals surface area (Å²) in [4.78, 5) is 0. The van der Waals surface area contributed by atoms with Crippen molar-refractivity contribution >= 4 is 0 Å². The van der Waals surface area contributed by atoms with Crippen LogP contribution in [0.25, 0.3) is 0 Å². The fourth-order valence-corrected chi connectivity index (χ4v) is 4.79. The standard InChI is InChI=1S/C25H35NO5/c1-7-12-25(27)15-21(19-13-17(28-3)8-10-22(19)30-5)26-24(16(25)2)20-14-18(29-4)9-11-23(20)31-6/h8-11,13-14,16,21,24,26-27H,7,12,15H2,1-6H3/t16-,21+,24-,25-/m0/s1. The first-order valence-corrected chi connectivity index (χ1v) is 10.8. The lowest BCUT2D eigenvalue weighted by molar-refractivity contribution is -0.0748. The number of hydrogen-bond donors (Lipinski definition) is 2. The average Bonchev–Trinajstić information content (AvgIpc) is 2.80. The second-order valence-corrected chi connectivity index (χ2v) is 8.26. The summed E-state index contributed by atoms with van der Waals surface area (Å²) in [6.07, 6.45) is 2.18. The van der Waals surface area contributed by atoms with Crippen molar-refractivity contribution in [3.8, 4) is 23.0 Å². The third-order valence-electron chi connectivity index (χ3n) is 6.55. The summed E-state index contributed by atoms with van der Waals surface area (Å²) in [6.45, 7) is 4.21. The maximum Gasteiger partial charge on any atom is 0.123 e. The summed E-state index contributed by atoms with van der Waals surface area (Å²) < 4.78 is 22.3. The van der Waals surface area contributed by atoms with Gasteiger partial charge >= 0.3 is 0 Å². The summed E-state index contributed by atoms with van der Waals surface area (Å²) >= 11 is 0. The maximum absolute atomic E-state index is 11.8. The minimum absolute atomic E-state index is 0.0405. The highest BCUT2D eigenvalue weighted by Crippen LogP contribution is 2.49. The van der Waals surface area contributed by atoms with Gasteiger partial charge in [0.25, 0.3) is 0 Å². The fraction of sp³-hybridized carbons (Fsp3) is 0.520. The monoisotopic (exact) mass is 429 g/mol. The van der Waals surface area contributed by atoms with E-state index in [1.165, 1.54) is 0 Å². The molecule has 0 spiro atoms. The molecular weight excluding hydrogens is 394 g/mol. The van der Waals surface area contributed by atoms with Crippen LogP contribution in [-0.2, 0) is 0 Å².